The van der Waals surface area contributed by atoms with Crippen molar-refractivity contribution in [1.82, 2.24) is 4.90 Å². The van der Waals surface area contributed by atoms with Gasteiger partial charge in [-0.15, -0.1) is 0 Å². The summed E-state index contributed by atoms with van der Waals surface area (Å²) < 4.78 is 41.5. The molecular weight excluding hydrogens is 429 g/mol. The van der Waals surface area contributed by atoms with Gasteiger partial charge in [0.1, 0.15) is 11.6 Å². The number of benzene rings is 3. The van der Waals surface area contributed by atoms with Crippen LogP contribution >= 0.6 is 0 Å². The van der Waals surface area contributed by atoms with Crippen LogP contribution in [0.2, 0.25) is 0 Å². The Bertz CT molecular complexity index is 1160. The first-order valence-corrected chi connectivity index (χ1v) is 11.7. The molecule has 0 heterocycles. The van der Waals surface area contributed by atoms with E-state index in [-0.39, 0.29) is 29.8 Å². The van der Waals surface area contributed by atoms with Gasteiger partial charge >= 0.3 is 10.1 Å². The van der Waals surface area contributed by atoms with Gasteiger partial charge in [0.05, 0.1) is 5.75 Å². The number of rotatable bonds is 9. The standard InChI is InChI=1S/C25H24FNO4S/c1-2-32(29,30)31-24-15-10-22(11-16-24)19-27(18-21-8-13-23(26)14-9-21)25(28)17-12-20-6-4-3-5-7-20/h3-17H,2,18-19H2,1H3/b17-12+. The lowest BCUT2D eigenvalue weighted by Gasteiger charge is -2.22. The van der Waals surface area contributed by atoms with Crippen molar-refractivity contribution in [2.45, 2.75) is 20.0 Å². The third kappa shape index (κ3) is 7.06. The van der Waals surface area contributed by atoms with Gasteiger partial charge in [-0.25, -0.2) is 4.39 Å². The van der Waals surface area contributed by atoms with Crippen LogP contribution in [0.15, 0.2) is 84.9 Å². The molecule has 3 rings (SSSR count). The molecule has 0 aliphatic heterocycles. The molecule has 7 heteroatoms. The summed E-state index contributed by atoms with van der Waals surface area (Å²) in [4.78, 5) is 14.6. The first-order valence-electron chi connectivity index (χ1n) is 10.1. The van der Waals surface area contributed by atoms with Crippen LogP contribution in [0.25, 0.3) is 6.08 Å². The van der Waals surface area contributed by atoms with E-state index < -0.39 is 10.1 Å². The Kier molecular flexibility index (Phi) is 7.78. The molecule has 1 amide bonds. The van der Waals surface area contributed by atoms with Crippen molar-refractivity contribution in [3.63, 3.8) is 0 Å². The van der Waals surface area contributed by atoms with Crippen molar-refractivity contribution in [3.8, 4) is 5.75 Å². The molecule has 3 aromatic rings. The SMILES string of the molecule is CCS(=O)(=O)Oc1ccc(CN(Cc2ccc(F)cc2)C(=O)/C=C/c2ccccc2)cc1. The molecule has 3 aromatic carbocycles. The van der Waals surface area contributed by atoms with Gasteiger partial charge in [-0.1, -0.05) is 54.6 Å². The Hall–Kier alpha value is -3.45. The van der Waals surface area contributed by atoms with E-state index in [2.05, 4.69) is 0 Å². The molecule has 0 aliphatic carbocycles. The normalized spacial score (nSPS) is 11.4. The number of hydrogen-bond acceptors (Lipinski definition) is 4. The number of carbonyl (C=O) groups is 1. The number of hydrogen-bond donors (Lipinski definition) is 0. The Morgan fingerprint density at radius 2 is 1.47 bits per heavy atom. The highest BCUT2D eigenvalue weighted by Crippen LogP contribution is 2.18. The van der Waals surface area contributed by atoms with Crippen molar-refractivity contribution in [2.24, 2.45) is 0 Å². The van der Waals surface area contributed by atoms with Crippen LogP contribution < -0.4 is 4.18 Å². The van der Waals surface area contributed by atoms with Gasteiger partial charge in [0.2, 0.25) is 5.91 Å². The van der Waals surface area contributed by atoms with Crippen LogP contribution in [-0.2, 0) is 28.0 Å². The van der Waals surface area contributed by atoms with Gasteiger partial charge in [0, 0.05) is 19.2 Å². The van der Waals surface area contributed by atoms with E-state index in [4.69, 9.17) is 4.18 Å². The minimum Gasteiger partial charge on any atom is -0.382 e. The summed E-state index contributed by atoms with van der Waals surface area (Å²) in [6.45, 7) is 2.09. The second kappa shape index (κ2) is 10.7. The Morgan fingerprint density at radius 1 is 0.906 bits per heavy atom. The third-order valence-corrected chi connectivity index (χ3v) is 5.84. The van der Waals surface area contributed by atoms with Crippen LogP contribution in [0.5, 0.6) is 5.75 Å². The fourth-order valence-electron chi connectivity index (χ4n) is 2.94. The van der Waals surface area contributed by atoms with Crippen molar-refractivity contribution in [1.29, 1.82) is 0 Å². The largest absolute Gasteiger partial charge is 0.382 e. The van der Waals surface area contributed by atoms with E-state index in [1.165, 1.54) is 25.1 Å². The van der Waals surface area contributed by atoms with Crippen molar-refractivity contribution >= 4 is 22.1 Å². The summed E-state index contributed by atoms with van der Waals surface area (Å²) in [5, 5.41) is 0. The van der Waals surface area contributed by atoms with E-state index in [0.29, 0.717) is 6.54 Å². The number of nitrogens with zero attached hydrogens (tertiary/aromatic N) is 1. The molecule has 0 spiro atoms. The zero-order chi connectivity index (χ0) is 23.0. The zero-order valence-electron chi connectivity index (χ0n) is 17.6. The van der Waals surface area contributed by atoms with Crippen LogP contribution in [0.1, 0.15) is 23.6 Å². The highest BCUT2D eigenvalue weighted by atomic mass is 32.2. The molecule has 166 valence electrons. The third-order valence-electron chi connectivity index (χ3n) is 4.69. The predicted octanol–water partition coefficient (Wildman–Crippen LogP) is 4.80. The van der Waals surface area contributed by atoms with Gasteiger partial charge in [-0.2, -0.15) is 8.42 Å². The van der Waals surface area contributed by atoms with E-state index in [0.717, 1.165) is 16.7 Å². The van der Waals surface area contributed by atoms with Crippen molar-refractivity contribution in [2.75, 3.05) is 5.75 Å². The van der Waals surface area contributed by atoms with E-state index in [1.807, 2.05) is 30.3 Å². The second-order valence-electron chi connectivity index (χ2n) is 7.14. The zero-order valence-corrected chi connectivity index (χ0v) is 18.5. The lowest BCUT2D eigenvalue weighted by atomic mass is 10.1. The minimum absolute atomic E-state index is 0.123. The molecule has 0 aromatic heterocycles. The molecular formula is C25H24FNO4S. The van der Waals surface area contributed by atoms with Gasteiger partial charge in [0.15, 0.2) is 0 Å². The number of halogens is 1. The average molecular weight is 454 g/mol. The quantitative estimate of drug-likeness (QED) is 0.345. The molecule has 0 radical (unpaired) electrons. The van der Waals surface area contributed by atoms with Crippen molar-refractivity contribution in [3.05, 3.63) is 107 Å². The molecule has 0 atom stereocenters. The Morgan fingerprint density at radius 3 is 2.03 bits per heavy atom. The molecule has 0 saturated heterocycles. The monoisotopic (exact) mass is 453 g/mol. The summed E-state index contributed by atoms with van der Waals surface area (Å²) in [6.07, 6.45) is 3.25. The summed E-state index contributed by atoms with van der Waals surface area (Å²) in [5.41, 5.74) is 2.50. The van der Waals surface area contributed by atoms with Crippen LogP contribution in [0.4, 0.5) is 4.39 Å². The number of amides is 1. The summed E-state index contributed by atoms with van der Waals surface area (Å²) in [7, 11) is -3.60. The lowest BCUT2D eigenvalue weighted by Crippen LogP contribution is -2.28. The van der Waals surface area contributed by atoms with Crippen LogP contribution in [-0.4, -0.2) is 25.0 Å². The minimum atomic E-state index is -3.60. The van der Waals surface area contributed by atoms with E-state index in [1.54, 1.807) is 47.4 Å². The second-order valence-corrected chi connectivity index (χ2v) is 9.00. The Labute approximate surface area is 187 Å². The Balaban J connectivity index is 1.77. The summed E-state index contributed by atoms with van der Waals surface area (Å²) in [6, 6.07) is 22.0. The summed E-state index contributed by atoms with van der Waals surface area (Å²) in [5.74, 6) is -0.445. The fourth-order valence-corrected chi connectivity index (χ4v) is 3.46. The topological polar surface area (TPSA) is 63.7 Å². The fraction of sp³-hybridized carbons (Fsp3) is 0.160. The van der Waals surface area contributed by atoms with Crippen LogP contribution in [0.3, 0.4) is 0 Å². The smallest absolute Gasteiger partial charge is 0.308 e. The molecule has 0 fully saturated rings. The highest BCUT2D eigenvalue weighted by molar-refractivity contribution is 7.87. The van der Waals surface area contributed by atoms with E-state index >= 15 is 0 Å². The lowest BCUT2D eigenvalue weighted by molar-refractivity contribution is -0.127. The average Bonchev–Trinajstić information content (AvgIpc) is 2.80. The van der Waals surface area contributed by atoms with Crippen molar-refractivity contribution < 1.29 is 21.8 Å². The molecule has 0 unspecified atom stereocenters. The number of carbonyl (C=O) groups excluding carboxylic acids is 1. The van der Waals surface area contributed by atoms with Gasteiger partial charge in [0.25, 0.3) is 0 Å². The molecule has 0 N–H and O–H groups in total. The maximum atomic E-state index is 13.3. The molecule has 0 bridgehead atoms. The molecule has 0 aliphatic rings. The first kappa shape index (κ1) is 23.2. The van der Waals surface area contributed by atoms with Gasteiger partial charge in [-0.3, -0.25) is 4.79 Å². The van der Waals surface area contributed by atoms with E-state index in [9.17, 15) is 17.6 Å². The first-order chi connectivity index (χ1) is 15.3. The van der Waals surface area contributed by atoms with Crippen LogP contribution in [0, 0.1) is 5.82 Å². The predicted molar refractivity (Wildman–Crippen MR) is 123 cm³/mol. The van der Waals surface area contributed by atoms with Gasteiger partial charge in [-0.05, 0) is 54.0 Å². The maximum absolute atomic E-state index is 13.3. The molecule has 5 nitrogen and oxygen atoms in total. The molecule has 32 heavy (non-hydrogen) atoms. The highest BCUT2D eigenvalue weighted by Gasteiger charge is 2.14. The maximum Gasteiger partial charge on any atom is 0.308 e. The summed E-state index contributed by atoms with van der Waals surface area (Å²) >= 11 is 0. The van der Waals surface area contributed by atoms with Gasteiger partial charge < -0.3 is 9.08 Å². The molecule has 0 saturated carbocycles.